The summed E-state index contributed by atoms with van der Waals surface area (Å²) in [5.41, 5.74) is -0.576. The average Bonchev–Trinajstić information content (AvgIpc) is 2.37. The number of anilines is 1. The van der Waals surface area contributed by atoms with Gasteiger partial charge in [0.15, 0.2) is 11.5 Å². The molecule has 0 aliphatic carbocycles. The van der Waals surface area contributed by atoms with E-state index in [1.165, 1.54) is 20.3 Å². The van der Waals surface area contributed by atoms with E-state index in [2.05, 4.69) is 5.32 Å². The lowest BCUT2D eigenvalue weighted by atomic mass is 10.2. The summed E-state index contributed by atoms with van der Waals surface area (Å²) in [6.07, 6.45) is 0.770. The minimum Gasteiger partial charge on any atom is -0.545 e. The van der Waals surface area contributed by atoms with Crippen LogP contribution in [0.2, 0.25) is 0 Å². The van der Waals surface area contributed by atoms with Gasteiger partial charge in [0.1, 0.15) is 0 Å². The van der Waals surface area contributed by atoms with Gasteiger partial charge >= 0.3 is 0 Å². The third-order valence-corrected chi connectivity index (χ3v) is 2.21. The fourth-order valence-electron chi connectivity index (χ4n) is 1.28. The number of rotatable bonds is 6. The van der Waals surface area contributed by atoms with Crippen molar-refractivity contribution in [3.63, 3.8) is 0 Å². The zero-order valence-electron chi connectivity index (χ0n) is 10.3. The molecule has 0 spiro atoms. The topological polar surface area (TPSA) is 111 Å². The van der Waals surface area contributed by atoms with Crippen LogP contribution in [0.5, 0.6) is 11.5 Å². The van der Waals surface area contributed by atoms with Gasteiger partial charge in [-0.2, -0.15) is 0 Å². The second-order valence-electron chi connectivity index (χ2n) is 3.35. The zero-order chi connectivity index (χ0) is 14.4. The quantitative estimate of drug-likeness (QED) is 0.378. The fraction of sp³-hybridized carbons (Fsp3) is 0.167. The minimum absolute atomic E-state index is 0.407. The molecule has 0 atom stereocenters. The van der Waals surface area contributed by atoms with Crippen molar-refractivity contribution >= 4 is 17.6 Å². The number of hydrogen-bond acceptors (Lipinski definition) is 7. The molecule has 1 rings (SSSR count). The summed E-state index contributed by atoms with van der Waals surface area (Å²) in [6.45, 7) is 0. The summed E-state index contributed by atoms with van der Waals surface area (Å²) >= 11 is 0. The van der Waals surface area contributed by atoms with Crippen LogP contribution in [0.1, 0.15) is 0 Å². The number of ether oxygens (including phenoxy) is 2. The first-order valence-corrected chi connectivity index (χ1v) is 5.11. The lowest BCUT2D eigenvalue weighted by Crippen LogP contribution is -2.36. The molecule has 0 heterocycles. The van der Waals surface area contributed by atoms with E-state index in [0.29, 0.717) is 17.2 Å². The lowest BCUT2D eigenvalue weighted by Gasteiger charge is -2.12. The molecule has 0 bridgehead atoms. The first kappa shape index (κ1) is 14.4. The number of carboxylic acid groups (broad SMARTS) is 2. The summed E-state index contributed by atoms with van der Waals surface area (Å²) in [4.78, 5) is 21.0. The molecule has 1 aromatic carbocycles. The zero-order valence-corrected chi connectivity index (χ0v) is 10.3. The van der Waals surface area contributed by atoms with Crippen molar-refractivity contribution in [2.75, 3.05) is 19.5 Å². The van der Waals surface area contributed by atoms with Crippen LogP contribution in [0.3, 0.4) is 0 Å². The van der Waals surface area contributed by atoms with Crippen molar-refractivity contribution in [3.05, 3.63) is 30.0 Å². The van der Waals surface area contributed by atoms with Crippen molar-refractivity contribution in [3.8, 4) is 11.5 Å². The van der Waals surface area contributed by atoms with Crippen LogP contribution in [0, 0.1) is 0 Å². The monoisotopic (exact) mass is 265 g/mol. The minimum atomic E-state index is -1.84. The number of nitrogens with one attached hydrogen (secondary N) is 1. The Morgan fingerprint density at radius 2 is 1.68 bits per heavy atom. The molecule has 0 saturated heterocycles. The molecule has 0 fully saturated rings. The van der Waals surface area contributed by atoms with Gasteiger partial charge in [0.05, 0.1) is 26.2 Å². The van der Waals surface area contributed by atoms with Crippen LogP contribution in [-0.2, 0) is 9.59 Å². The molecule has 7 heteroatoms. The van der Waals surface area contributed by atoms with Crippen LogP contribution >= 0.6 is 0 Å². The second kappa shape index (κ2) is 6.29. The Morgan fingerprint density at radius 3 is 2.16 bits per heavy atom. The van der Waals surface area contributed by atoms with E-state index in [0.717, 1.165) is 6.20 Å². The van der Waals surface area contributed by atoms with Crippen LogP contribution in [-0.4, -0.2) is 26.2 Å². The Morgan fingerprint density at radius 1 is 1.11 bits per heavy atom. The number of carboxylic acids is 2. The maximum absolute atomic E-state index is 10.5. The van der Waals surface area contributed by atoms with E-state index in [1.54, 1.807) is 12.1 Å². The summed E-state index contributed by atoms with van der Waals surface area (Å²) in [5.74, 6) is -2.79. The SMILES string of the molecule is COc1ccc(NC=C(C(=O)[O-])C(=O)[O-])cc1OC. The van der Waals surface area contributed by atoms with Gasteiger partial charge in [-0.15, -0.1) is 0 Å². The first-order valence-electron chi connectivity index (χ1n) is 5.11. The van der Waals surface area contributed by atoms with Crippen molar-refractivity contribution in [1.82, 2.24) is 0 Å². The Kier molecular flexibility index (Phi) is 4.76. The molecule has 1 aromatic rings. The molecule has 102 valence electrons. The number of methoxy groups -OCH3 is 2. The third kappa shape index (κ3) is 3.63. The third-order valence-electron chi connectivity index (χ3n) is 2.21. The van der Waals surface area contributed by atoms with Gasteiger partial charge in [0.25, 0.3) is 0 Å². The van der Waals surface area contributed by atoms with Crippen molar-refractivity contribution in [2.45, 2.75) is 0 Å². The van der Waals surface area contributed by atoms with Gasteiger partial charge < -0.3 is 34.6 Å². The Labute approximate surface area is 109 Å². The number of carbonyl (C=O) groups is 2. The highest BCUT2D eigenvalue weighted by atomic mass is 16.5. The fourth-order valence-corrected chi connectivity index (χ4v) is 1.28. The number of aliphatic carboxylic acids is 2. The van der Waals surface area contributed by atoms with E-state index in [9.17, 15) is 19.8 Å². The molecule has 0 aliphatic rings. The largest absolute Gasteiger partial charge is 0.545 e. The highest BCUT2D eigenvalue weighted by Crippen LogP contribution is 2.29. The van der Waals surface area contributed by atoms with Gasteiger partial charge in [-0.05, 0) is 12.1 Å². The molecule has 0 aliphatic heterocycles. The number of carbonyl (C=O) groups excluding carboxylic acids is 2. The van der Waals surface area contributed by atoms with Crippen molar-refractivity contribution in [2.24, 2.45) is 0 Å². The Hall–Kier alpha value is -2.70. The van der Waals surface area contributed by atoms with E-state index in [-0.39, 0.29) is 0 Å². The number of hydrogen-bond donors (Lipinski definition) is 1. The van der Waals surface area contributed by atoms with Gasteiger partial charge in [0, 0.05) is 23.5 Å². The van der Waals surface area contributed by atoms with Crippen LogP contribution in [0.25, 0.3) is 0 Å². The summed E-state index contributed by atoms with van der Waals surface area (Å²) in [5, 5.41) is 23.5. The molecule has 19 heavy (non-hydrogen) atoms. The lowest BCUT2D eigenvalue weighted by molar-refractivity contribution is -0.312. The predicted molar refractivity (Wildman–Crippen MR) is 61.3 cm³/mol. The van der Waals surface area contributed by atoms with Crippen LogP contribution in [0.15, 0.2) is 30.0 Å². The van der Waals surface area contributed by atoms with Gasteiger partial charge in [-0.25, -0.2) is 0 Å². The molecule has 7 nitrogen and oxygen atoms in total. The molecular formula is C12H11NO6-2. The maximum Gasteiger partial charge on any atom is 0.162 e. The van der Waals surface area contributed by atoms with E-state index in [4.69, 9.17) is 9.47 Å². The molecule has 0 unspecified atom stereocenters. The second-order valence-corrected chi connectivity index (χ2v) is 3.35. The maximum atomic E-state index is 10.5. The highest BCUT2D eigenvalue weighted by Gasteiger charge is 2.04. The normalized spacial score (nSPS) is 9.37. The summed E-state index contributed by atoms with van der Waals surface area (Å²) in [7, 11) is 2.90. The molecule has 0 saturated carbocycles. The van der Waals surface area contributed by atoms with Crippen molar-refractivity contribution < 1.29 is 29.3 Å². The summed E-state index contributed by atoms with van der Waals surface area (Å²) < 4.78 is 10.1. The van der Waals surface area contributed by atoms with E-state index >= 15 is 0 Å². The number of benzene rings is 1. The smallest absolute Gasteiger partial charge is 0.162 e. The molecular weight excluding hydrogens is 254 g/mol. The van der Waals surface area contributed by atoms with Gasteiger partial charge in [-0.3, -0.25) is 0 Å². The Bertz CT molecular complexity index is 507. The molecule has 1 N–H and O–H groups in total. The van der Waals surface area contributed by atoms with Crippen molar-refractivity contribution in [1.29, 1.82) is 0 Å². The molecule has 0 aromatic heterocycles. The van der Waals surface area contributed by atoms with Crippen LogP contribution in [0.4, 0.5) is 5.69 Å². The van der Waals surface area contributed by atoms with Gasteiger partial charge in [0.2, 0.25) is 0 Å². The standard InChI is InChI=1S/C12H13NO6/c1-18-9-4-3-7(5-10(9)19-2)13-6-8(11(14)15)12(16)17/h3-6,13H,1-2H3,(H,14,15)(H,16,17)/p-2. The Balaban J connectivity index is 2.97. The van der Waals surface area contributed by atoms with Crippen LogP contribution < -0.4 is 25.0 Å². The molecule has 0 radical (unpaired) electrons. The van der Waals surface area contributed by atoms with Gasteiger partial charge in [-0.1, -0.05) is 0 Å². The molecule has 0 amide bonds. The predicted octanol–water partition coefficient (Wildman–Crippen LogP) is -1.50. The highest BCUT2D eigenvalue weighted by molar-refractivity contribution is 6.10. The first-order chi connectivity index (χ1) is 8.99. The van der Waals surface area contributed by atoms with E-state index < -0.39 is 17.5 Å². The average molecular weight is 265 g/mol. The summed E-state index contributed by atoms with van der Waals surface area (Å²) in [6, 6.07) is 4.64. The van der Waals surface area contributed by atoms with E-state index in [1.807, 2.05) is 0 Å².